The van der Waals surface area contributed by atoms with Crippen molar-refractivity contribution in [2.45, 2.75) is 12.8 Å². The second-order valence-electron chi connectivity index (χ2n) is 5.13. The van der Waals surface area contributed by atoms with Crippen LogP contribution in [-0.2, 0) is 4.74 Å². The van der Waals surface area contributed by atoms with Gasteiger partial charge in [0.1, 0.15) is 0 Å². The number of carbonyl (C=O) groups is 1. The smallest absolute Gasteiger partial charge is 0.164 e. The second kappa shape index (κ2) is 8.03. The maximum atomic E-state index is 12.3. The van der Waals surface area contributed by atoms with E-state index in [4.69, 9.17) is 4.74 Å². The molecule has 1 aliphatic rings. The number of morpholine rings is 1. The summed E-state index contributed by atoms with van der Waals surface area (Å²) in [6, 6.07) is 8.14. The number of rotatable bonds is 5. The summed E-state index contributed by atoms with van der Waals surface area (Å²) in [5.74, 6) is 0.274. The summed E-state index contributed by atoms with van der Waals surface area (Å²) < 4.78 is 6.53. The van der Waals surface area contributed by atoms with Gasteiger partial charge in [0.25, 0.3) is 0 Å². The Hall–Kier alpha value is -0.750. The van der Waals surface area contributed by atoms with Gasteiger partial charge in [-0.25, -0.2) is 0 Å². The maximum absolute atomic E-state index is 12.3. The number of nitrogens with zero attached hydrogens (tertiary/aromatic N) is 1. The van der Waals surface area contributed by atoms with E-state index in [1.807, 2.05) is 23.6 Å². The quantitative estimate of drug-likeness (QED) is 0.751. The molecular weight excluding hydrogens is 350 g/mol. The molecule has 5 heteroatoms. The Morgan fingerprint density at radius 1 is 1.24 bits per heavy atom. The summed E-state index contributed by atoms with van der Waals surface area (Å²) in [5.41, 5.74) is 0.896. The molecule has 1 fully saturated rings. The van der Waals surface area contributed by atoms with Crippen LogP contribution >= 0.6 is 28.3 Å². The van der Waals surface area contributed by atoms with Gasteiger partial charge in [-0.05, 0) is 19.0 Å². The number of Topliss-reactive ketones (excluding diaryl/α,β-unsaturated/α-hetero) is 1. The highest BCUT2D eigenvalue weighted by Gasteiger charge is 2.14. The zero-order valence-corrected chi connectivity index (χ0v) is 14.4. The number of fused-ring (bicyclic) bond motifs is 1. The standard InChI is InChI=1S/C16H19NO2S.BrH/c18-15(5-3-7-17-8-10-19-11-9-17)14-12-20-16-6-2-1-4-13(14)16;/h1-2,4,6,12H,3,5,7-11H2;1H. The van der Waals surface area contributed by atoms with Crippen LogP contribution in [0.4, 0.5) is 0 Å². The van der Waals surface area contributed by atoms with Crippen molar-refractivity contribution in [3.8, 4) is 0 Å². The third-order valence-electron chi connectivity index (χ3n) is 3.76. The van der Waals surface area contributed by atoms with Crippen LogP contribution in [0.2, 0.25) is 0 Å². The van der Waals surface area contributed by atoms with E-state index >= 15 is 0 Å². The van der Waals surface area contributed by atoms with Crippen molar-refractivity contribution < 1.29 is 9.53 Å². The summed E-state index contributed by atoms with van der Waals surface area (Å²) in [6.07, 6.45) is 1.57. The highest BCUT2D eigenvalue weighted by atomic mass is 79.9. The molecule has 0 radical (unpaired) electrons. The largest absolute Gasteiger partial charge is 0.379 e. The molecule has 1 saturated heterocycles. The first-order valence-corrected chi connectivity index (χ1v) is 8.02. The van der Waals surface area contributed by atoms with E-state index in [2.05, 4.69) is 11.0 Å². The Labute approximate surface area is 139 Å². The van der Waals surface area contributed by atoms with Crippen molar-refractivity contribution in [1.29, 1.82) is 0 Å². The third kappa shape index (κ3) is 4.13. The van der Waals surface area contributed by atoms with Crippen molar-refractivity contribution in [2.75, 3.05) is 32.8 Å². The molecule has 21 heavy (non-hydrogen) atoms. The van der Waals surface area contributed by atoms with Gasteiger partial charge in [0, 0.05) is 40.5 Å². The number of benzene rings is 1. The van der Waals surface area contributed by atoms with E-state index in [1.165, 1.54) is 4.70 Å². The molecule has 1 aromatic carbocycles. The highest BCUT2D eigenvalue weighted by Crippen LogP contribution is 2.26. The van der Waals surface area contributed by atoms with Crippen LogP contribution in [0.5, 0.6) is 0 Å². The molecule has 3 nitrogen and oxygen atoms in total. The van der Waals surface area contributed by atoms with Crippen molar-refractivity contribution in [3.63, 3.8) is 0 Å². The fraction of sp³-hybridized carbons (Fsp3) is 0.438. The van der Waals surface area contributed by atoms with Crippen molar-refractivity contribution in [3.05, 3.63) is 35.2 Å². The molecule has 2 heterocycles. The summed E-state index contributed by atoms with van der Waals surface area (Å²) in [5, 5.41) is 3.11. The van der Waals surface area contributed by atoms with Crippen molar-refractivity contribution in [2.24, 2.45) is 0 Å². The normalized spacial score (nSPS) is 15.8. The van der Waals surface area contributed by atoms with E-state index in [1.54, 1.807) is 11.3 Å². The maximum Gasteiger partial charge on any atom is 0.164 e. The van der Waals surface area contributed by atoms with E-state index < -0.39 is 0 Å². The lowest BCUT2D eigenvalue weighted by Gasteiger charge is -2.26. The minimum atomic E-state index is 0. The van der Waals surface area contributed by atoms with E-state index in [0.717, 1.165) is 50.2 Å². The van der Waals surface area contributed by atoms with Crippen LogP contribution in [0, 0.1) is 0 Å². The van der Waals surface area contributed by atoms with Gasteiger partial charge in [0.15, 0.2) is 5.78 Å². The first-order chi connectivity index (χ1) is 9.84. The lowest BCUT2D eigenvalue weighted by Crippen LogP contribution is -2.36. The molecule has 0 amide bonds. The summed E-state index contributed by atoms with van der Waals surface area (Å²) in [4.78, 5) is 14.7. The first-order valence-electron chi connectivity index (χ1n) is 7.14. The number of ether oxygens (including phenoxy) is 1. The monoisotopic (exact) mass is 369 g/mol. The van der Waals surface area contributed by atoms with Crippen molar-refractivity contribution >= 4 is 44.2 Å². The summed E-state index contributed by atoms with van der Waals surface area (Å²) in [6.45, 7) is 4.63. The Kier molecular flexibility index (Phi) is 6.36. The Balaban J connectivity index is 0.00000161. The number of thiophene rings is 1. The Morgan fingerprint density at radius 2 is 2.00 bits per heavy atom. The highest BCUT2D eigenvalue weighted by molar-refractivity contribution is 8.93. The lowest BCUT2D eigenvalue weighted by molar-refractivity contribution is 0.0371. The predicted octanol–water partition coefficient (Wildman–Crippen LogP) is 3.77. The Bertz CT molecular complexity index is 593. The summed E-state index contributed by atoms with van der Waals surface area (Å²) in [7, 11) is 0. The molecule has 1 aromatic heterocycles. The number of carbonyl (C=O) groups excluding carboxylic acids is 1. The zero-order chi connectivity index (χ0) is 13.8. The molecule has 0 aliphatic carbocycles. The van der Waals surface area contributed by atoms with Crippen LogP contribution in [0.15, 0.2) is 29.6 Å². The van der Waals surface area contributed by atoms with Crippen molar-refractivity contribution in [1.82, 2.24) is 4.90 Å². The minimum Gasteiger partial charge on any atom is -0.379 e. The average Bonchev–Trinajstić information content (AvgIpc) is 2.92. The van der Waals surface area contributed by atoms with Crippen LogP contribution < -0.4 is 0 Å². The molecule has 2 aromatic rings. The molecule has 0 bridgehead atoms. The van der Waals surface area contributed by atoms with E-state index in [0.29, 0.717) is 6.42 Å². The first kappa shape index (κ1) is 16.6. The number of halogens is 1. The summed E-state index contributed by atoms with van der Waals surface area (Å²) >= 11 is 1.66. The molecule has 1 aliphatic heterocycles. The SMILES string of the molecule is Br.O=C(CCCN1CCOCC1)c1csc2ccccc12. The molecular formula is C16H20BrNO2S. The van der Waals surface area contributed by atoms with Gasteiger partial charge >= 0.3 is 0 Å². The molecule has 0 saturated carbocycles. The van der Waals surface area contributed by atoms with Gasteiger partial charge in [-0.2, -0.15) is 0 Å². The topological polar surface area (TPSA) is 29.5 Å². The number of hydrogen-bond acceptors (Lipinski definition) is 4. The van der Waals surface area contributed by atoms with Gasteiger partial charge < -0.3 is 4.74 Å². The predicted molar refractivity (Wildman–Crippen MR) is 93.0 cm³/mol. The fourth-order valence-corrected chi connectivity index (χ4v) is 3.58. The van der Waals surface area contributed by atoms with Gasteiger partial charge in [0.05, 0.1) is 13.2 Å². The van der Waals surface area contributed by atoms with Gasteiger partial charge in [-0.15, -0.1) is 28.3 Å². The fourth-order valence-electron chi connectivity index (χ4n) is 2.62. The average molecular weight is 370 g/mol. The zero-order valence-electron chi connectivity index (χ0n) is 11.9. The Morgan fingerprint density at radius 3 is 2.81 bits per heavy atom. The van der Waals surface area contributed by atoms with E-state index in [9.17, 15) is 4.79 Å². The molecule has 114 valence electrons. The van der Waals surface area contributed by atoms with Gasteiger partial charge in [-0.1, -0.05) is 18.2 Å². The van der Waals surface area contributed by atoms with Crippen LogP contribution in [0.25, 0.3) is 10.1 Å². The molecule has 0 spiro atoms. The van der Waals surface area contributed by atoms with Crippen LogP contribution in [0.1, 0.15) is 23.2 Å². The third-order valence-corrected chi connectivity index (χ3v) is 4.73. The number of hydrogen-bond donors (Lipinski definition) is 0. The molecule has 0 N–H and O–H groups in total. The van der Waals surface area contributed by atoms with Crippen LogP contribution in [-0.4, -0.2) is 43.5 Å². The van der Waals surface area contributed by atoms with Gasteiger partial charge in [-0.3, -0.25) is 9.69 Å². The lowest BCUT2D eigenvalue weighted by atomic mass is 10.1. The molecule has 3 rings (SSSR count). The minimum absolute atomic E-state index is 0. The van der Waals surface area contributed by atoms with Gasteiger partial charge in [0.2, 0.25) is 0 Å². The second-order valence-corrected chi connectivity index (χ2v) is 6.04. The molecule has 0 unspecified atom stereocenters. The van der Waals surface area contributed by atoms with E-state index in [-0.39, 0.29) is 22.8 Å². The number of ketones is 1. The van der Waals surface area contributed by atoms with Crippen LogP contribution in [0.3, 0.4) is 0 Å². The molecule has 0 atom stereocenters.